The normalized spacial score (nSPS) is 11.2. The van der Waals surface area contributed by atoms with Crippen LogP contribution in [0.3, 0.4) is 0 Å². The number of nitrogens with zero attached hydrogens (tertiary/aromatic N) is 1. The Bertz CT molecular complexity index is 513. The average molecular weight is 275 g/mol. The molecule has 0 radical (unpaired) electrons. The molecule has 0 bridgehead atoms. The van der Waals surface area contributed by atoms with Crippen LogP contribution in [-0.2, 0) is 10.1 Å². The molecule has 1 N–H and O–H groups in total. The van der Waals surface area contributed by atoms with E-state index in [2.05, 4.69) is 0 Å². The van der Waals surface area contributed by atoms with Gasteiger partial charge in [-0.15, -0.1) is 0 Å². The van der Waals surface area contributed by atoms with Crippen LogP contribution >= 0.6 is 0 Å². The molecule has 0 aromatic heterocycles. The van der Waals surface area contributed by atoms with Gasteiger partial charge in [-0.05, 0) is 18.9 Å². The Balaban J connectivity index is 2.36. The van der Waals surface area contributed by atoms with Gasteiger partial charge in [0.15, 0.2) is 0 Å². The number of benzene rings is 1. The number of hydrogen-bond donors (Lipinski definition) is 1. The molecule has 0 aliphatic rings. The molecule has 8 heteroatoms. The Morgan fingerprint density at radius 3 is 2.67 bits per heavy atom. The number of rotatable bonds is 7. The molecule has 1 aromatic rings. The highest BCUT2D eigenvalue weighted by molar-refractivity contribution is 7.85. The van der Waals surface area contributed by atoms with Gasteiger partial charge < -0.3 is 4.74 Å². The van der Waals surface area contributed by atoms with Crippen molar-refractivity contribution in [1.82, 2.24) is 0 Å². The summed E-state index contributed by atoms with van der Waals surface area (Å²) in [7, 11) is -3.93. The van der Waals surface area contributed by atoms with Gasteiger partial charge in [-0.3, -0.25) is 14.7 Å². The summed E-state index contributed by atoms with van der Waals surface area (Å²) >= 11 is 0. The summed E-state index contributed by atoms with van der Waals surface area (Å²) in [5.41, 5.74) is -0.0644. The lowest BCUT2D eigenvalue weighted by Gasteiger charge is -2.05. The van der Waals surface area contributed by atoms with Crippen molar-refractivity contribution in [3.63, 3.8) is 0 Å². The number of non-ortho nitro benzene ring substituents is 1. The van der Waals surface area contributed by atoms with Crippen molar-refractivity contribution in [1.29, 1.82) is 0 Å². The van der Waals surface area contributed by atoms with E-state index < -0.39 is 15.0 Å². The first kappa shape index (κ1) is 14.4. The van der Waals surface area contributed by atoms with Crippen LogP contribution in [0.4, 0.5) is 5.69 Å². The second-order valence-corrected chi connectivity index (χ2v) is 5.17. The predicted molar refractivity (Wildman–Crippen MR) is 64.2 cm³/mol. The van der Waals surface area contributed by atoms with Gasteiger partial charge >= 0.3 is 0 Å². The zero-order chi connectivity index (χ0) is 13.6. The maximum atomic E-state index is 10.5. The van der Waals surface area contributed by atoms with Crippen LogP contribution in [0.15, 0.2) is 24.3 Å². The van der Waals surface area contributed by atoms with Crippen molar-refractivity contribution in [2.45, 2.75) is 12.8 Å². The monoisotopic (exact) mass is 275 g/mol. The van der Waals surface area contributed by atoms with E-state index in [0.717, 1.165) is 0 Å². The van der Waals surface area contributed by atoms with Crippen LogP contribution in [0.25, 0.3) is 0 Å². The molecule has 0 saturated carbocycles. The van der Waals surface area contributed by atoms with Gasteiger partial charge in [-0.1, -0.05) is 6.07 Å². The van der Waals surface area contributed by atoms with Crippen LogP contribution in [0.1, 0.15) is 12.8 Å². The summed E-state index contributed by atoms with van der Waals surface area (Å²) in [6.45, 7) is 0.233. The quantitative estimate of drug-likeness (QED) is 0.351. The molecule has 0 aliphatic carbocycles. The molecule has 1 rings (SSSR count). The molecule has 0 fully saturated rings. The maximum Gasteiger partial charge on any atom is 0.273 e. The molecule has 0 amide bonds. The van der Waals surface area contributed by atoms with E-state index in [1.807, 2.05) is 0 Å². The Morgan fingerprint density at radius 1 is 1.33 bits per heavy atom. The third-order valence-corrected chi connectivity index (χ3v) is 2.90. The number of nitro benzene ring substituents is 1. The summed E-state index contributed by atoms with van der Waals surface area (Å²) in [6, 6.07) is 5.73. The molecule has 0 aliphatic heterocycles. The molecule has 0 saturated heterocycles. The smallest absolute Gasteiger partial charge is 0.273 e. The zero-order valence-electron chi connectivity index (χ0n) is 9.48. The van der Waals surface area contributed by atoms with E-state index in [1.165, 1.54) is 18.2 Å². The number of hydrogen-bond acceptors (Lipinski definition) is 5. The molecule has 0 atom stereocenters. The molecule has 7 nitrogen and oxygen atoms in total. The minimum absolute atomic E-state index is 0.0644. The highest BCUT2D eigenvalue weighted by Gasteiger charge is 2.07. The molecular formula is C10H13NO6S. The van der Waals surface area contributed by atoms with Gasteiger partial charge in [-0.25, -0.2) is 0 Å². The second-order valence-electron chi connectivity index (χ2n) is 3.60. The first-order chi connectivity index (χ1) is 8.38. The molecule has 1 aromatic carbocycles. The largest absolute Gasteiger partial charge is 0.493 e. The van der Waals surface area contributed by atoms with E-state index in [9.17, 15) is 18.5 Å². The molecule has 100 valence electrons. The number of unbranched alkanes of at least 4 members (excludes halogenated alkanes) is 1. The van der Waals surface area contributed by atoms with Crippen LogP contribution in [-0.4, -0.2) is 30.3 Å². The van der Waals surface area contributed by atoms with Crippen molar-refractivity contribution in [2.24, 2.45) is 0 Å². The van der Waals surface area contributed by atoms with Crippen molar-refractivity contribution in [2.75, 3.05) is 12.4 Å². The van der Waals surface area contributed by atoms with E-state index in [4.69, 9.17) is 9.29 Å². The van der Waals surface area contributed by atoms with E-state index in [1.54, 1.807) is 6.07 Å². The van der Waals surface area contributed by atoms with Crippen LogP contribution in [0, 0.1) is 10.1 Å². The van der Waals surface area contributed by atoms with Gasteiger partial charge in [-0.2, -0.15) is 8.42 Å². The summed E-state index contributed by atoms with van der Waals surface area (Å²) in [5.74, 6) is 0.0433. The number of nitro groups is 1. The Hall–Kier alpha value is -1.67. The third-order valence-electron chi connectivity index (χ3n) is 2.09. The maximum absolute atomic E-state index is 10.5. The fourth-order valence-electron chi connectivity index (χ4n) is 1.26. The lowest BCUT2D eigenvalue weighted by atomic mass is 10.3. The highest BCUT2D eigenvalue weighted by atomic mass is 32.2. The van der Waals surface area contributed by atoms with Crippen molar-refractivity contribution in [3.8, 4) is 5.75 Å². The second kappa shape index (κ2) is 6.31. The Labute approximate surface area is 104 Å². The van der Waals surface area contributed by atoms with E-state index >= 15 is 0 Å². The minimum Gasteiger partial charge on any atom is -0.493 e. The molecule has 0 spiro atoms. The van der Waals surface area contributed by atoms with Gasteiger partial charge in [0.2, 0.25) is 0 Å². The van der Waals surface area contributed by atoms with Crippen LogP contribution in [0.2, 0.25) is 0 Å². The summed E-state index contributed by atoms with van der Waals surface area (Å²) in [6.07, 6.45) is 0.705. The zero-order valence-corrected chi connectivity index (χ0v) is 10.3. The first-order valence-corrected chi connectivity index (χ1v) is 6.82. The van der Waals surface area contributed by atoms with Gasteiger partial charge in [0.05, 0.1) is 23.3 Å². The first-order valence-electron chi connectivity index (χ1n) is 5.21. The van der Waals surface area contributed by atoms with Gasteiger partial charge in [0.1, 0.15) is 5.75 Å². The van der Waals surface area contributed by atoms with E-state index in [0.29, 0.717) is 12.2 Å². The van der Waals surface area contributed by atoms with Crippen molar-refractivity contribution in [3.05, 3.63) is 34.4 Å². The lowest BCUT2D eigenvalue weighted by molar-refractivity contribution is -0.384. The SMILES string of the molecule is O=[N+]([O-])c1cccc(OCCCCS(=O)(=O)O)c1. The summed E-state index contributed by atoms with van der Waals surface area (Å²) in [5, 5.41) is 10.5. The summed E-state index contributed by atoms with van der Waals surface area (Å²) in [4.78, 5) is 9.97. The fourth-order valence-corrected chi connectivity index (χ4v) is 1.83. The number of ether oxygens (including phenoxy) is 1. The van der Waals surface area contributed by atoms with Crippen molar-refractivity contribution < 1.29 is 22.6 Å². The fraction of sp³-hybridized carbons (Fsp3) is 0.400. The Kier molecular flexibility index (Phi) is 5.05. The molecule has 0 unspecified atom stereocenters. The average Bonchev–Trinajstić information content (AvgIpc) is 2.27. The predicted octanol–water partition coefficient (Wildman–Crippen LogP) is 1.64. The van der Waals surface area contributed by atoms with Crippen LogP contribution in [0.5, 0.6) is 5.75 Å². The standard InChI is InChI=1S/C10H13NO6S/c12-11(13)9-4-3-5-10(8-9)17-6-1-2-7-18(14,15)16/h3-5,8H,1-2,6-7H2,(H,14,15,16). The third kappa shape index (κ3) is 5.60. The molecule has 18 heavy (non-hydrogen) atoms. The topological polar surface area (TPSA) is 107 Å². The van der Waals surface area contributed by atoms with Gasteiger partial charge in [0, 0.05) is 6.07 Å². The van der Waals surface area contributed by atoms with Gasteiger partial charge in [0.25, 0.3) is 15.8 Å². The molecule has 0 heterocycles. The minimum atomic E-state index is -3.93. The Morgan fingerprint density at radius 2 is 2.06 bits per heavy atom. The summed E-state index contributed by atoms with van der Waals surface area (Å²) < 4.78 is 34.6. The lowest BCUT2D eigenvalue weighted by Crippen LogP contribution is -2.06. The highest BCUT2D eigenvalue weighted by Crippen LogP contribution is 2.19. The van der Waals surface area contributed by atoms with E-state index in [-0.39, 0.29) is 24.5 Å². The van der Waals surface area contributed by atoms with Crippen LogP contribution < -0.4 is 4.74 Å². The molecular weight excluding hydrogens is 262 g/mol. The van der Waals surface area contributed by atoms with Crippen molar-refractivity contribution >= 4 is 15.8 Å².